The van der Waals surface area contributed by atoms with Crippen LogP contribution in [0.4, 0.5) is 0 Å². The minimum atomic E-state index is 0.420. The first-order valence-corrected chi connectivity index (χ1v) is 7.74. The molecule has 0 atom stereocenters. The summed E-state index contributed by atoms with van der Waals surface area (Å²) in [5, 5.41) is 3.45. The fourth-order valence-corrected chi connectivity index (χ4v) is 2.46. The summed E-state index contributed by atoms with van der Waals surface area (Å²) in [5.74, 6) is 0.669. The molecule has 1 fully saturated rings. The zero-order chi connectivity index (χ0) is 15.3. The minimum absolute atomic E-state index is 0.420. The Balaban J connectivity index is 2.74. The van der Waals surface area contributed by atoms with Gasteiger partial charge in [-0.15, -0.1) is 0 Å². The SMILES string of the molecule is C=C(C)/C(=C\C=C(/C)NCC(C)C)N1CCC(C)(C)C1. The molecule has 2 heteroatoms. The topological polar surface area (TPSA) is 15.3 Å². The van der Waals surface area contributed by atoms with E-state index in [1.165, 1.54) is 17.8 Å². The van der Waals surface area contributed by atoms with Crippen LogP contribution >= 0.6 is 0 Å². The average molecular weight is 276 g/mol. The van der Waals surface area contributed by atoms with Crippen LogP contribution in [-0.2, 0) is 0 Å². The largest absolute Gasteiger partial charge is 0.388 e. The molecular weight excluding hydrogens is 244 g/mol. The predicted octanol–water partition coefficient (Wildman–Crippen LogP) is 4.33. The Morgan fingerprint density at radius 1 is 1.30 bits per heavy atom. The second-order valence-electron chi connectivity index (χ2n) is 7.29. The Hall–Kier alpha value is -1.18. The van der Waals surface area contributed by atoms with Crippen LogP contribution in [0.25, 0.3) is 0 Å². The molecule has 1 N–H and O–H groups in total. The molecule has 0 amide bonds. The summed E-state index contributed by atoms with van der Waals surface area (Å²) in [6, 6.07) is 0. The minimum Gasteiger partial charge on any atom is -0.388 e. The zero-order valence-electron chi connectivity index (χ0n) is 14.2. The third-order valence-corrected chi connectivity index (χ3v) is 3.74. The van der Waals surface area contributed by atoms with Crippen LogP contribution in [0.1, 0.15) is 48.0 Å². The second-order valence-corrected chi connectivity index (χ2v) is 7.29. The van der Waals surface area contributed by atoms with Crippen molar-refractivity contribution >= 4 is 0 Å². The van der Waals surface area contributed by atoms with Crippen molar-refractivity contribution in [3.8, 4) is 0 Å². The zero-order valence-corrected chi connectivity index (χ0v) is 14.2. The molecule has 0 radical (unpaired) electrons. The summed E-state index contributed by atoms with van der Waals surface area (Å²) in [4.78, 5) is 2.47. The van der Waals surface area contributed by atoms with Crippen LogP contribution in [0.3, 0.4) is 0 Å². The molecule has 0 aliphatic carbocycles. The van der Waals surface area contributed by atoms with Gasteiger partial charge >= 0.3 is 0 Å². The summed E-state index contributed by atoms with van der Waals surface area (Å²) >= 11 is 0. The van der Waals surface area contributed by atoms with Crippen molar-refractivity contribution < 1.29 is 0 Å². The number of hydrogen-bond acceptors (Lipinski definition) is 2. The van der Waals surface area contributed by atoms with Gasteiger partial charge in [-0.25, -0.2) is 0 Å². The molecule has 0 bridgehead atoms. The Kier molecular flexibility index (Phi) is 5.91. The summed E-state index contributed by atoms with van der Waals surface area (Å²) in [6.07, 6.45) is 5.65. The van der Waals surface area contributed by atoms with Gasteiger partial charge in [-0.2, -0.15) is 0 Å². The van der Waals surface area contributed by atoms with Crippen LogP contribution in [0, 0.1) is 11.3 Å². The molecule has 1 aliphatic heterocycles. The molecule has 0 aromatic carbocycles. The van der Waals surface area contributed by atoms with E-state index in [4.69, 9.17) is 0 Å². The van der Waals surface area contributed by atoms with E-state index >= 15 is 0 Å². The van der Waals surface area contributed by atoms with Gasteiger partial charge in [0.25, 0.3) is 0 Å². The van der Waals surface area contributed by atoms with Crippen LogP contribution in [0.15, 0.2) is 35.7 Å². The molecule has 0 aromatic rings. The molecule has 1 heterocycles. The summed E-state index contributed by atoms with van der Waals surface area (Å²) in [7, 11) is 0. The Morgan fingerprint density at radius 3 is 2.40 bits per heavy atom. The van der Waals surface area contributed by atoms with Crippen molar-refractivity contribution in [2.75, 3.05) is 19.6 Å². The van der Waals surface area contributed by atoms with Gasteiger partial charge < -0.3 is 10.2 Å². The maximum absolute atomic E-state index is 4.14. The lowest BCUT2D eigenvalue weighted by atomic mass is 9.93. The number of rotatable bonds is 6. The number of allylic oxidation sites excluding steroid dienone is 4. The number of nitrogens with zero attached hydrogens (tertiary/aromatic N) is 1. The number of likely N-dealkylation sites (tertiary alicyclic amines) is 1. The fourth-order valence-electron chi connectivity index (χ4n) is 2.46. The van der Waals surface area contributed by atoms with Gasteiger partial charge in [0.1, 0.15) is 0 Å². The highest BCUT2D eigenvalue weighted by Crippen LogP contribution is 2.32. The molecule has 1 rings (SSSR count). The van der Waals surface area contributed by atoms with Crippen molar-refractivity contribution in [2.45, 2.75) is 48.0 Å². The van der Waals surface area contributed by atoms with Crippen molar-refractivity contribution in [3.05, 3.63) is 35.7 Å². The Bertz CT molecular complexity index is 400. The highest BCUT2D eigenvalue weighted by atomic mass is 15.2. The normalized spacial score (nSPS) is 19.6. The van der Waals surface area contributed by atoms with E-state index in [9.17, 15) is 0 Å². The molecule has 114 valence electrons. The van der Waals surface area contributed by atoms with E-state index in [0.29, 0.717) is 11.3 Å². The number of hydrogen-bond donors (Lipinski definition) is 1. The molecule has 20 heavy (non-hydrogen) atoms. The van der Waals surface area contributed by atoms with Crippen molar-refractivity contribution in [3.63, 3.8) is 0 Å². The summed E-state index contributed by atoms with van der Waals surface area (Å²) in [5.41, 5.74) is 4.07. The molecule has 2 nitrogen and oxygen atoms in total. The maximum atomic E-state index is 4.14. The van der Waals surface area contributed by atoms with Crippen LogP contribution in [-0.4, -0.2) is 24.5 Å². The van der Waals surface area contributed by atoms with Gasteiger partial charge in [0, 0.05) is 31.0 Å². The fraction of sp³-hybridized carbons (Fsp3) is 0.667. The smallest absolute Gasteiger partial charge is 0.0390 e. The van der Waals surface area contributed by atoms with Gasteiger partial charge in [0.2, 0.25) is 0 Å². The highest BCUT2D eigenvalue weighted by Gasteiger charge is 2.30. The third kappa shape index (κ3) is 5.44. The van der Waals surface area contributed by atoms with E-state index in [0.717, 1.165) is 25.2 Å². The van der Waals surface area contributed by atoms with E-state index in [-0.39, 0.29) is 0 Å². The van der Waals surface area contributed by atoms with Crippen molar-refractivity contribution in [2.24, 2.45) is 11.3 Å². The summed E-state index contributed by atoms with van der Waals surface area (Å²) in [6.45, 7) is 20.8. The molecule has 0 aromatic heterocycles. The van der Waals surface area contributed by atoms with Crippen LogP contribution in [0.5, 0.6) is 0 Å². The van der Waals surface area contributed by atoms with E-state index in [1.54, 1.807) is 0 Å². The average Bonchev–Trinajstić information content (AvgIpc) is 2.66. The first kappa shape index (κ1) is 16.9. The number of nitrogens with one attached hydrogen (secondary N) is 1. The van der Waals surface area contributed by atoms with Gasteiger partial charge in [-0.1, -0.05) is 34.3 Å². The standard InChI is InChI=1S/C18H32N2/c1-14(2)12-19-16(5)8-9-17(15(3)4)20-11-10-18(6,7)13-20/h8-9,14,19H,3,10-13H2,1-2,4-7H3/b16-8+,17-9+. The van der Waals surface area contributed by atoms with Crippen LogP contribution < -0.4 is 5.32 Å². The van der Waals surface area contributed by atoms with Crippen LogP contribution in [0.2, 0.25) is 0 Å². The quantitative estimate of drug-likeness (QED) is 0.727. The van der Waals surface area contributed by atoms with E-state index in [1.807, 2.05) is 0 Å². The lowest BCUT2D eigenvalue weighted by molar-refractivity contribution is 0.346. The van der Waals surface area contributed by atoms with Gasteiger partial charge in [-0.3, -0.25) is 0 Å². The van der Waals surface area contributed by atoms with Gasteiger partial charge in [-0.05, 0) is 49.3 Å². The Morgan fingerprint density at radius 2 is 1.95 bits per heavy atom. The monoisotopic (exact) mass is 276 g/mol. The molecule has 0 spiro atoms. The maximum Gasteiger partial charge on any atom is 0.0390 e. The third-order valence-electron chi connectivity index (χ3n) is 3.74. The molecule has 1 aliphatic rings. The van der Waals surface area contributed by atoms with E-state index < -0.39 is 0 Å². The summed E-state index contributed by atoms with van der Waals surface area (Å²) < 4.78 is 0. The second kappa shape index (κ2) is 7.01. The lowest BCUT2D eigenvalue weighted by Crippen LogP contribution is -2.23. The van der Waals surface area contributed by atoms with Gasteiger partial charge in [0.15, 0.2) is 0 Å². The molecule has 1 saturated heterocycles. The van der Waals surface area contributed by atoms with Gasteiger partial charge in [0.05, 0.1) is 0 Å². The highest BCUT2D eigenvalue weighted by molar-refractivity contribution is 5.30. The first-order valence-electron chi connectivity index (χ1n) is 7.74. The molecule has 0 saturated carbocycles. The van der Waals surface area contributed by atoms with E-state index in [2.05, 4.69) is 70.5 Å². The molecule has 0 unspecified atom stereocenters. The van der Waals surface area contributed by atoms with Crippen molar-refractivity contribution in [1.82, 2.24) is 10.2 Å². The lowest BCUT2D eigenvalue weighted by Gasteiger charge is -2.24. The van der Waals surface area contributed by atoms with Crippen molar-refractivity contribution in [1.29, 1.82) is 0 Å². The predicted molar refractivity (Wildman–Crippen MR) is 89.5 cm³/mol. The Labute approximate surface area is 125 Å². The molecular formula is C18H32N2. The first-order chi connectivity index (χ1) is 9.21.